The van der Waals surface area contributed by atoms with Crippen molar-refractivity contribution in [2.45, 2.75) is 19.4 Å². The summed E-state index contributed by atoms with van der Waals surface area (Å²) in [6, 6.07) is 6.91. The summed E-state index contributed by atoms with van der Waals surface area (Å²) in [4.78, 5) is 52.4. The Morgan fingerprint density at radius 1 is 1.07 bits per heavy atom. The molecule has 0 radical (unpaired) electrons. The smallest absolute Gasteiger partial charge is 0.332 e. The molecule has 0 N–H and O–H groups in total. The van der Waals surface area contributed by atoms with Gasteiger partial charge in [-0.3, -0.25) is 23.5 Å². The molecule has 1 aromatic carbocycles. The summed E-state index contributed by atoms with van der Waals surface area (Å²) in [5.41, 5.74) is 0.134. The van der Waals surface area contributed by atoms with Crippen molar-refractivity contribution in [3.8, 4) is 0 Å². The zero-order valence-corrected chi connectivity index (χ0v) is 17.5. The predicted molar refractivity (Wildman–Crippen MR) is 109 cm³/mol. The lowest BCUT2D eigenvalue weighted by Crippen LogP contribution is -2.37. The van der Waals surface area contributed by atoms with Gasteiger partial charge in [0.05, 0.1) is 19.3 Å². The second-order valence-corrected chi connectivity index (χ2v) is 7.38. The minimum Gasteiger partial charge on any atom is -0.464 e. The second kappa shape index (κ2) is 8.56. The highest BCUT2D eigenvalue weighted by Gasteiger charge is 2.15. The average molecular weight is 463 g/mol. The SMILES string of the molecule is Cn1c(=O)c2c(ncn2CCOC(=O)CCC(=O)c2ccc(Br)cc2)n(C)c1=O. The van der Waals surface area contributed by atoms with Crippen LogP contribution in [0.4, 0.5) is 0 Å². The summed E-state index contributed by atoms with van der Waals surface area (Å²) in [6.07, 6.45) is 1.45. The van der Waals surface area contributed by atoms with E-state index in [1.54, 1.807) is 24.3 Å². The molecule has 0 saturated carbocycles. The highest BCUT2D eigenvalue weighted by Crippen LogP contribution is 2.13. The molecule has 0 saturated heterocycles. The molecule has 29 heavy (non-hydrogen) atoms. The lowest BCUT2D eigenvalue weighted by molar-refractivity contribution is -0.143. The molecule has 9 nitrogen and oxygen atoms in total. The fraction of sp³-hybridized carbons (Fsp3) is 0.316. The molecular weight excluding hydrogens is 444 g/mol. The van der Waals surface area contributed by atoms with Gasteiger partial charge in [-0.1, -0.05) is 28.1 Å². The Morgan fingerprint density at radius 3 is 2.45 bits per heavy atom. The van der Waals surface area contributed by atoms with Gasteiger partial charge in [0.1, 0.15) is 6.61 Å². The number of imidazole rings is 1. The summed E-state index contributed by atoms with van der Waals surface area (Å²) in [5, 5.41) is 0. The topological polar surface area (TPSA) is 105 Å². The minimum atomic E-state index is -0.500. The van der Waals surface area contributed by atoms with Crippen molar-refractivity contribution in [3.63, 3.8) is 0 Å². The molecule has 0 aliphatic rings. The second-order valence-electron chi connectivity index (χ2n) is 6.47. The van der Waals surface area contributed by atoms with Crippen LogP contribution < -0.4 is 11.2 Å². The summed E-state index contributed by atoms with van der Waals surface area (Å²) in [7, 11) is 2.92. The standard InChI is InChI=1S/C19H19BrN4O5/c1-22-17-16(18(27)23(2)19(22)28)24(11-21-17)9-10-29-15(26)8-7-14(25)12-3-5-13(20)6-4-12/h3-6,11H,7-10H2,1-2H3. The number of halogens is 1. The van der Waals surface area contributed by atoms with Crippen LogP contribution in [0.2, 0.25) is 0 Å². The van der Waals surface area contributed by atoms with E-state index in [9.17, 15) is 19.2 Å². The number of aryl methyl sites for hydroxylation is 1. The predicted octanol–water partition coefficient (Wildman–Crippen LogP) is 1.40. The van der Waals surface area contributed by atoms with E-state index in [-0.39, 0.29) is 42.9 Å². The monoisotopic (exact) mass is 462 g/mol. The van der Waals surface area contributed by atoms with Crippen LogP contribution in [0, 0.1) is 0 Å². The van der Waals surface area contributed by atoms with Crippen LogP contribution in [-0.4, -0.2) is 37.0 Å². The quantitative estimate of drug-likeness (QED) is 0.388. The first-order chi connectivity index (χ1) is 13.8. The third-order valence-corrected chi connectivity index (χ3v) is 5.06. The van der Waals surface area contributed by atoms with Crippen molar-refractivity contribution in [2.75, 3.05) is 6.61 Å². The van der Waals surface area contributed by atoms with Crippen LogP contribution in [0.15, 0.2) is 44.7 Å². The van der Waals surface area contributed by atoms with E-state index in [0.29, 0.717) is 5.56 Å². The first kappa shape index (κ1) is 20.7. The highest BCUT2D eigenvalue weighted by atomic mass is 79.9. The van der Waals surface area contributed by atoms with E-state index in [2.05, 4.69) is 20.9 Å². The van der Waals surface area contributed by atoms with E-state index in [4.69, 9.17) is 4.74 Å². The number of Topliss-reactive ketones (excluding diaryl/α,β-unsaturated/α-hetero) is 1. The molecule has 10 heteroatoms. The number of esters is 1. The molecule has 0 aliphatic heterocycles. The molecule has 152 valence electrons. The number of ether oxygens (including phenoxy) is 1. The third-order valence-electron chi connectivity index (χ3n) is 4.53. The van der Waals surface area contributed by atoms with Gasteiger partial charge in [0.15, 0.2) is 16.9 Å². The van der Waals surface area contributed by atoms with Crippen molar-refractivity contribution in [2.24, 2.45) is 14.1 Å². The maximum absolute atomic E-state index is 12.4. The lowest BCUT2D eigenvalue weighted by Gasteiger charge is -2.08. The van der Waals surface area contributed by atoms with Gasteiger partial charge in [0.25, 0.3) is 5.56 Å². The molecule has 3 rings (SSSR count). The molecule has 0 aliphatic carbocycles. The molecule has 0 unspecified atom stereocenters. The Kier molecular flexibility index (Phi) is 6.12. The number of ketones is 1. The molecule has 0 atom stereocenters. The van der Waals surface area contributed by atoms with E-state index in [1.165, 1.54) is 29.6 Å². The van der Waals surface area contributed by atoms with E-state index in [1.807, 2.05) is 0 Å². The van der Waals surface area contributed by atoms with E-state index >= 15 is 0 Å². The van der Waals surface area contributed by atoms with E-state index < -0.39 is 17.2 Å². The van der Waals surface area contributed by atoms with Crippen molar-refractivity contribution < 1.29 is 14.3 Å². The fourth-order valence-corrected chi connectivity index (χ4v) is 3.16. The van der Waals surface area contributed by atoms with Gasteiger partial charge >= 0.3 is 11.7 Å². The molecule has 0 bridgehead atoms. The van der Waals surface area contributed by atoms with Crippen molar-refractivity contribution >= 4 is 38.8 Å². The normalized spacial score (nSPS) is 11.0. The molecule has 2 heterocycles. The molecule has 0 spiro atoms. The molecule has 0 amide bonds. The zero-order chi connectivity index (χ0) is 21.1. The number of aromatic nitrogens is 4. The van der Waals surface area contributed by atoms with Crippen LogP contribution in [0.1, 0.15) is 23.2 Å². The van der Waals surface area contributed by atoms with Crippen LogP contribution in [0.25, 0.3) is 11.2 Å². The van der Waals surface area contributed by atoms with Gasteiger partial charge in [-0.2, -0.15) is 0 Å². The van der Waals surface area contributed by atoms with Crippen LogP contribution in [0.5, 0.6) is 0 Å². The Balaban J connectivity index is 1.57. The van der Waals surface area contributed by atoms with Gasteiger partial charge in [-0.15, -0.1) is 0 Å². The van der Waals surface area contributed by atoms with Crippen LogP contribution in [-0.2, 0) is 30.2 Å². The Morgan fingerprint density at radius 2 is 1.76 bits per heavy atom. The minimum absolute atomic E-state index is 0.0166. The number of fused-ring (bicyclic) bond motifs is 1. The van der Waals surface area contributed by atoms with Crippen LogP contribution >= 0.6 is 15.9 Å². The van der Waals surface area contributed by atoms with E-state index in [0.717, 1.165) is 9.04 Å². The number of carbonyl (C=O) groups is 2. The summed E-state index contributed by atoms with van der Waals surface area (Å²) in [6.45, 7) is 0.221. The van der Waals surface area contributed by atoms with Crippen molar-refractivity contribution in [1.29, 1.82) is 0 Å². The first-order valence-electron chi connectivity index (χ1n) is 8.85. The highest BCUT2D eigenvalue weighted by molar-refractivity contribution is 9.10. The largest absolute Gasteiger partial charge is 0.464 e. The maximum Gasteiger partial charge on any atom is 0.332 e. The lowest BCUT2D eigenvalue weighted by atomic mass is 10.1. The zero-order valence-electron chi connectivity index (χ0n) is 15.9. The maximum atomic E-state index is 12.4. The number of nitrogens with zero attached hydrogens (tertiary/aromatic N) is 4. The fourth-order valence-electron chi connectivity index (χ4n) is 2.89. The first-order valence-corrected chi connectivity index (χ1v) is 9.64. The van der Waals surface area contributed by atoms with Crippen molar-refractivity contribution in [3.05, 3.63) is 61.5 Å². The molecule has 2 aromatic heterocycles. The summed E-state index contributed by atoms with van der Waals surface area (Å²) < 4.78 is 9.86. The van der Waals surface area contributed by atoms with Gasteiger partial charge < -0.3 is 9.30 Å². The van der Waals surface area contributed by atoms with Gasteiger partial charge in [-0.25, -0.2) is 9.78 Å². The molecular formula is C19H19BrN4O5. The Bertz CT molecular complexity index is 1190. The number of hydrogen-bond acceptors (Lipinski definition) is 6. The average Bonchev–Trinajstić information content (AvgIpc) is 3.13. The summed E-state index contributed by atoms with van der Waals surface area (Å²) >= 11 is 3.30. The molecule has 3 aromatic rings. The van der Waals surface area contributed by atoms with Gasteiger partial charge in [0, 0.05) is 30.6 Å². The number of carbonyl (C=O) groups excluding carboxylic acids is 2. The van der Waals surface area contributed by atoms with Crippen LogP contribution in [0.3, 0.4) is 0 Å². The number of rotatable bonds is 7. The Hall–Kier alpha value is -3.01. The third kappa shape index (κ3) is 4.37. The van der Waals surface area contributed by atoms with Crippen molar-refractivity contribution in [1.82, 2.24) is 18.7 Å². The number of benzene rings is 1. The Labute approximate surface area is 173 Å². The van der Waals surface area contributed by atoms with Gasteiger partial charge in [0.2, 0.25) is 0 Å². The number of hydrogen-bond donors (Lipinski definition) is 0. The summed E-state index contributed by atoms with van der Waals surface area (Å²) in [5.74, 6) is -0.639. The van der Waals surface area contributed by atoms with Gasteiger partial charge in [-0.05, 0) is 12.1 Å². The molecule has 0 fully saturated rings.